The van der Waals surface area contributed by atoms with Gasteiger partial charge in [-0.3, -0.25) is 19.2 Å². The van der Waals surface area contributed by atoms with Crippen LogP contribution in [0.5, 0.6) is 0 Å². The molecule has 7 heteroatoms. The first-order valence-electron chi connectivity index (χ1n) is 8.66. The molecule has 0 spiro atoms. The van der Waals surface area contributed by atoms with Crippen molar-refractivity contribution in [2.75, 3.05) is 32.7 Å². The maximum atomic E-state index is 12.1. The van der Waals surface area contributed by atoms with Crippen molar-refractivity contribution in [2.24, 2.45) is 0 Å². The number of oxazole rings is 1. The zero-order chi connectivity index (χ0) is 18.0. The molecule has 136 valence electrons. The number of nitrogens with one attached hydrogen (secondary N) is 1. The number of rotatable bonds is 4. The van der Waals surface area contributed by atoms with E-state index < -0.39 is 0 Å². The largest absolute Gasteiger partial charge is 0.429 e. The van der Waals surface area contributed by atoms with Crippen molar-refractivity contribution >= 4 is 29.2 Å². The lowest BCUT2D eigenvalue weighted by Crippen LogP contribution is -2.51. The highest BCUT2D eigenvalue weighted by Gasteiger charge is 2.21. The van der Waals surface area contributed by atoms with Gasteiger partial charge in [0.2, 0.25) is 5.91 Å². The Morgan fingerprint density at radius 1 is 1.16 bits per heavy atom. The molecule has 1 aromatic carbocycles. The van der Waals surface area contributed by atoms with Crippen LogP contribution in [0.15, 0.2) is 28.7 Å². The van der Waals surface area contributed by atoms with Gasteiger partial charge in [-0.15, -0.1) is 0 Å². The molecule has 6 nitrogen and oxygen atoms in total. The van der Waals surface area contributed by atoms with Gasteiger partial charge in [0.1, 0.15) is 0 Å². The van der Waals surface area contributed by atoms with Gasteiger partial charge in [0.25, 0.3) is 4.84 Å². The van der Waals surface area contributed by atoms with Crippen LogP contribution in [0.3, 0.4) is 0 Å². The molecule has 1 aromatic heterocycles. The van der Waals surface area contributed by atoms with Crippen molar-refractivity contribution < 1.29 is 9.21 Å². The van der Waals surface area contributed by atoms with Gasteiger partial charge in [0.15, 0.2) is 5.58 Å². The van der Waals surface area contributed by atoms with E-state index in [4.69, 9.17) is 16.6 Å². The number of carbonyl (C=O) groups excluding carboxylic acids is 1. The number of fused-ring (bicyclic) bond motifs is 1. The number of para-hydroxylation sites is 2. The first-order valence-corrected chi connectivity index (χ1v) is 9.07. The standard InChI is InChI=1S/C18H26N4O2S/c1-18(2,3)19-16(23)12-20-8-10-21(11-9-20)13-22-14-6-4-5-7-15(14)24-17(22)25/h4-7H,8-13H2,1-3H3,(H,19,23). The van der Waals surface area contributed by atoms with Crippen molar-refractivity contribution in [2.45, 2.75) is 33.0 Å². The van der Waals surface area contributed by atoms with Gasteiger partial charge in [0.05, 0.1) is 18.7 Å². The normalized spacial score (nSPS) is 17.1. The average Bonchev–Trinajstić information content (AvgIpc) is 2.83. The van der Waals surface area contributed by atoms with E-state index in [2.05, 4.69) is 15.1 Å². The molecular formula is C18H26N4O2S. The topological polar surface area (TPSA) is 53.7 Å². The van der Waals surface area contributed by atoms with Crippen LogP contribution in [-0.4, -0.2) is 58.5 Å². The van der Waals surface area contributed by atoms with Gasteiger partial charge in [-0.05, 0) is 45.1 Å². The van der Waals surface area contributed by atoms with E-state index in [-0.39, 0.29) is 11.4 Å². The summed E-state index contributed by atoms with van der Waals surface area (Å²) in [7, 11) is 0. The van der Waals surface area contributed by atoms with Crippen LogP contribution in [0.25, 0.3) is 11.1 Å². The van der Waals surface area contributed by atoms with Crippen LogP contribution in [0, 0.1) is 4.84 Å². The number of nitrogens with zero attached hydrogens (tertiary/aromatic N) is 3. The minimum absolute atomic E-state index is 0.0870. The number of piperazine rings is 1. The molecule has 1 saturated heterocycles. The molecule has 1 aliphatic rings. The fourth-order valence-corrected chi connectivity index (χ4v) is 3.34. The maximum absolute atomic E-state index is 12.1. The molecule has 1 N–H and O–H groups in total. The summed E-state index contributed by atoms with van der Waals surface area (Å²) in [6.45, 7) is 10.7. The Labute approximate surface area is 153 Å². The van der Waals surface area contributed by atoms with Crippen molar-refractivity contribution in [3.05, 3.63) is 29.1 Å². The summed E-state index contributed by atoms with van der Waals surface area (Å²) in [5, 5.41) is 3.02. The Hall–Kier alpha value is -1.70. The fraction of sp³-hybridized carbons (Fsp3) is 0.556. The molecule has 3 rings (SSSR count). The van der Waals surface area contributed by atoms with Gasteiger partial charge in [-0.2, -0.15) is 0 Å². The Bertz CT molecular complexity index is 797. The number of benzene rings is 1. The van der Waals surface area contributed by atoms with E-state index in [1.54, 1.807) is 0 Å². The van der Waals surface area contributed by atoms with Crippen molar-refractivity contribution in [3.63, 3.8) is 0 Å². The maximum Gasteiger partial charge on any atom is 0.270 e. The quantitative estimate of drug-likeness (QED) is 0.847. The van der Waals surface area contributed by atoms with Crippen molar-refractivity contribution in [3.8, 4) is 0 Å². The second-order valence-corrected chi connectivity index (χ2v) is 7.95. The highest BCUT2D eigenvalue weighted by molar-refractivity contribution is 7.71. The molecule has 25 heavy (non-hydrogen) atoms. The summed E-state index contributed by atoms with van der Waals surface area (Å²) < 4.78 is 7.68. The summed E-state index contributed by atoms with van der Waals surface area (Å²) in [5.74, 6) is 0.0870. The molecule has 1 amide bonds. The summed E-state index contributed by atoms with van der Waals surface area (Å²) >= 11 is 5.36. The van der Waals surface area contributed by atoms with Gasteiger partial charge in [-0.25, -0.2) is 0 Å². The predicted octanol–water partition coefficient (Wildman–Crippen LogP) is 2.45. The lowest BCUT2D eigenvalue weighted by Gasteiger charge is -2.34. The lowest BCUT2D eigenvalue weighted by atomic mass is 10.1. The van der Waals surface area contributed by atoms with E-state index in [0.717, 1.165) is 43.9 Å². The second kappa shape index (κ2) is 7.27. The van der Waals surface area contributed by atoms with Crippen LogP contribution >= 0.6 is 12.2 Å². The highest BCUT2D eigenvalue weighted by Crippen LogP contribution is 2.18. The SMILES string of the molecule is CC(C)(C)NC(=O)CN1CCN(Cn2c(=S)oc3ccccc32)CC1. The highest BCUT2D eigenvalue weighted by atomic mass is 32.1. The Balaban J connectivity index is 1.55. The van der Waals surface area contributed by atoms with E-state index in [0.29, 0.717) is 11.4 Å². The first kappa shape index (κ1) is 18.1. The summed E-state index contributed by atoms with van der Waals surface area (Å²) in [5.41, 5.74) is 1.67. The third-order valence-electron chi connectivity index (χ3n) is 4.26. The van der Waals surface area contributed by atoms with Gasteiger partial charge in [0, 0.05) is 31.7 Å². The van der Waals surface area contributed by atoms with Crippen LogP contribution in [-0.2, 0) is 11.5 Å². The second-order valence-electron chi connectivity index (χ2n) is 7.60. The molecule has 1 fully saturated rings. The van der Waals surface area contributed by atoms with Crippen LogP contribution < -0.4 is 5.32 Å². The molecule has 2 heterocycles. The zero-order valence-corrected chi connectivity index (χ0v) is 15.9. The monoisotopic (exact) mass is 362 g/mol. The number of hydrogen-bond acceptors (Lipinski definition) is 5. The Morgan fingerprint density at radius 3 is 2.48 bits per heavy atom. The van der Waals surface area contributed by atoms with E-state index in [1.165, 1.54) is 0 Å². The number of amides is 1. The van der Waals surface area contributed by atoms with Gasteiger partial charge < -0.3 is 9.73 Å². The number of hydrogen-bond donors (Lipinski definition) is 1. The van der Waals surface area contributed by atoms with Crippen molar-refractivity contribution in [1.29, 1.82) is 0 Å². The number of carbonyl (C=O) groups is 1. The third kappa shape index (κ3) is 4.68. The van der Waals surface area contributed by atoms with Crippen LogP contribution in [0.1, 0.15) is 20.8 Å². The lowest BCUT2D eigenvalue weighted by molar-refractivity contribution is -0.124. The smallest absolute Gasteiger partial charge is 0.270 e. The number of aromatic nitrogens is 1. The fourth-order valence-electron chi connectivity index (χ4n) is 3.10. The minimum Gasteiger partial charge on any atom is -0.429 e. The van der Waals surface area contributed by atoms with E-state index in [9.17, 15) is 4.79 Å². The molecular weight excluding hydrogens is 336 g/mol. The Kier molecular flexibility index (Phi) is 5.27. The van der Waals surface area contributed by atoms with E-state index >= 15 is 0 Å². The molecule has 0 radical (unpaired) electrons. The zero-order valence-electron chi connectivity index (χ0n) is 15.1. The summed E-state index contributed by atoms with van der Waals surface area (Å²) in [6, 6.07) is 7.91. The van der Waals surface area contributed by atoms with E-state index in [1.807, 2.05) is 49.6 Å². The third-order valence-corrected chi connectivity index (χ3v) is 4.57. The van der Waals surface area contributed by atoms with Crippen LogP contribution in [0.4, 0.5) is 0 Å². The molecule has 0 saturated carbocycles. The summed E-state index contributed by atoms with van der Waals surface area (Å²) in [6.07, 6.45) is 0. The predicted molar refractivity (Wildman–Crippen MR) is 101 cm³/mol. The molecule has 0 unspecified atom stereocenters. The first-order chi connectivity index (χ1) is 11.8. The molecule has 0 atom stereocenters. The minimum atomic E-state index is -0.183. The van der Waals surface area contributed by atoms with Gasteiger partial charge >= 0.3 is 0 Å². The van der Waals surface area contributed by atoms with Crippen LogP contribution in [0.2, 0.25) is 0 Å². The van der Waals surface area contributed by atoms with Gasteiger partial charge in [-0.1, -0.05) is 12.1 Å². The molecule has 1 aliphatic heterocycles. The summed E-state index contributed by atoms with van der Waals surface area (Å²) in [4.78, 5) is 17.1. The Morgan fingerprint density at radius 2 is 1.80 bits per heavy atom. The van der Waals surface area contributed by atoms with Crippen molar-refractivity contribution in [1.82, 2.24) is 19.7 Å². The molecule has 2 aromatic rings. The molecule has 0 bridgehead atoms. The molecule has 0 aliphatic carbocycles. The average molecular weight is 362 g/mol.